The molecule has 0 saturated heterocycles. The molecule has 15 heavy (non-hydrogen) atoms. The lowest BCUT2D eigenvalue weighted by Gasteiger charge is -2.22. The molecule has 2 atom stereocenters. The van der Waals surface area contributed by atoms with Crippen LogP contribution in [0.4, 0.5) is 0 Å². The Hall–Kier alpha value is -0.780. The van der Waals surface area contributed by atoms with Crippen molar-refractivity contribution in [1.29, 1.82) is 0 Å². The average molecular weight is 202 g/mol. The summed E-state index contributed by atoms with van der Waals surface area (Å²) in [5.41, 5.74) is 3.13. The Morgan fingerprint density at radius 2 is 2.13 bits per heavy atom. The van der Waals surface area contributed by atoms with Crippen LogP contribution < -0.4 is 0 Å². The Kier molecular flexibility index (Phi) is 3.45. The molecule has 2 rings (SSSR count). The molecule has 2 aliphatic carbocycles. The van der Waals surface area contributed by atoms with E-state index in [1.54, 1.807) is 5.57 Å². The molecular formula is C15H22. The van der Waals surface area contributed by atoms with Gasteiger partial charge in [-0.2, -0.15) is 0 Å². The summed E-state index contributed by atoms with van der Waals surface area (Å²) in [5, 5.41) is 0. The second kappa shape index (κ2) is 4.83. The average Bonchev–Trinajstić information content (AvgIpc) is 2.25. The Labute approximate surface area is 93.8 Å². The summed E-state index contributed by atoms with van der Waals surface area (Å²) < 4.78 is 0. The van der Waals surface area contributed by atoms with E-state index in [9.17, 15) is 0 Å². The fourth-order valence-electron chi connectivity index (χ4n) is 2.46. The number of allylic oxidation sites excluding steroid dienone is 6. The molecule has 0 nitrogen and oxygen atoms in total. The number of rotatable bonds is 2. The number of hydrogen-bond acceptors (Lipinski definition) is 0. The van der Waals surface area contributed by atoms with Crippen LogP contribution in [0.15, 0.2) is 35.5 Å². The molecule has 0 aromatic carbocycles. The van der Waals surface area contributed by atoms with Gasteiger partial charge in [-0.1, -0.05) is 42.4 Å². The summed E-state index contributed by atoms with van der Waals surface area (Å²) in [4.78, 5) is 0. The topological polar surface area (TPSA) is 0 Å². The lowest BCUT2D eigenvalue weighted by Crippen LogP contribution is -2.06. The zero-order valence-electron chi connectivity index (χ0n) is 10.00. The molecule has 0 N–H and O–H groups in total. The minimum absolute atomic E-state index is 0.772. The third-order valence-corrected chi connectivity index (χ3v) is 3.67. The highest BCUT2D eigenvalue weighted by molar-refractivity contribution is 5.23. The first-order valence-corrected chi connectivity index (χ1v) is 6.27. The summed E-state index contributed by atoms with van der Waals surface area (Å²) in [6, 6.07) is 0. The van der Waals surface area contributed by atoms with Crippen molar-refractivity contribution >= 4 is 0 Å². The highest BCUT2D eigenvalue weighted by Crippen LogP contribution is 2.30. The van der Waals surface area contributed by atoms with Gasteiger partial charge in [-0.05, 0) is 50.9 Å². The summed E-state index contributed by atoms with van der Waals surface area (Å²) >= 11 is 0. The zero-order valence-corrected chi connectivity index (χ0v) is 10.00. The first-order valence-electron chi connectivity index (χ1n) is 6.27. The van der Waals surface area contributed by atoms with Crippen LogP contribution in [-0.4, -0.2) is 0 Å². The summed E-state index contributed by atoms with van der Waals surface area (Å²) in [7, 11) is 0. The standard InChI is InChI=1S/C15H22/c1-12-3-7-14(8-4-12)11-15-9-5-13(2)6-10-15/h3-4,7,9,13-14H,5-6,8,10-11H2,1-2H3/t13-,14?/m0/s1. The lowest BCUT2D eigenvalue weighted by molar-refractivity contribution is 0.492. The van der Waals surface area contributed by atoms with Crippen LogP contribution in [0.1, 0.15) is 46.0 Å². The van der Waals surface area contributed by atoms with Crippen molar-refractivity contribution in [1.82, 2.24) is 0 Å². The maximum atomic E-state index is 2.49. The third-order valence-electron chi connectivity index (χ3n) is 3.67. The van der Waals surface area contributed by atoms with Crippen molar-refractivity contribution in [3.05, 3.63) is 35.5 Å². The van der Waals surface area contributed by atoms with Crippen LogP contribution in [-0.2, 0) is 0 Å². The molecule has 0 spiro atoms. The Morgan fingerprint density at radius 3 is 2.73 bits per heavy atom. The molecule has 82 valence electrons. The summed E-state index contributed by atoms with van der Waals surface area (Å²) in [5.74, 6) is 1.69. The second-order valence-electron chi connectivity index (χ2n) is 5.25. The van der Waals surface area contributed by atoms with E-state index in [0.717, 1.165) is 11.8 Å². The molecule has 2 aliphatic rings. The minimum atomic E-state index is 0.772. The van der Waals surface area contributed by atoms with Crippen molar-refractivity contribution in [3.8, 4) is 0 Å². The van der Waals surface area contributed by atoms with Gasteiger partial charge in [0.1, 0.15) is 0 Å². The molecule has 0 saturated carbocycles. The molecule has 1 unspecified atom stereocenters. The van der Waals surface area contributed by atoms with Gasteiger partial charge in [0.05, 0.1) is 0 Å². The maximum Gasteiger partial charge on any atom is -0.0158 e. The highest BCUT2D eigenvalue weighted by atomic mass is 14.2. The van der Waals surface area contributed by atoms with E-state index in [0.29, 0.717) is 0 Å². The minimum Gasteiger partial charge on any atom is -0.0850 e. The molecule has 0 radical (unpaired) electrons. The third kappa shape index (κ3) is 3.09. The predicted molar refractivity (Wildman–Crippen MR) is 66.7 cm³/mol. The first kappa shape index (κ1) is 10.7. The van der Waals surface area contributed by atoms with Crippen LogP contribution in [0.5, 0.6) is 0 Å². The Bertz CT molecular complexity index is 304. The molecule has 0 bridgehead atoms. The smallest absolute Gasteiger partial charge is 0.0158 e. The van der Waals surface area contributed by atoms with Gasteiger partial charge in [0.25, 0.3) is 0 Å². The van der Waals surface area contributed by atoms with E-state index in [4.69, 9.17) is 0 Å². The van der Waals surface area contributed by atoms with Crippen LogP contribution in [0.3, 0.4) is 0 Å². The van der Waals surface area contributed by atoms with E-state index in [2.05, 4.69) is 38.2 Å². The molecule has 0 aromatic heterocycles. The van der Waals surface area contributed by atoms with Crippen molar-refractivity contribution < 1.29 is 0 Å². The SMILES string of the molecule is CC1=CCC(CC2=CC[C@H](C)CC2)C=C1. The van der Waals surface area contributed by atoms with Crippen molar-refractivity contribution in [2.45, 2.75) is 46.0 Å². The summed E-state index contributed by atoms with van der Waals surface area (Å²) in [6.45, 7) is 4.55. The van der Waals surface area contributed by atoms with Crippen molar-refractivity contribution in [2.24, 2.45) is 11.8 Å². The quantitative estimate of drug-likeness (QED) is 0.572. The predicted octanol–water partition coefficient (Wildman–Crippen LogP) is 4.65. The van der Waals surface area contributed by atoms with Gasteiger partial charge in [-0.3, -0.25) is 0 Å². The maximum absolute atomic E-state index is 2.49. The zero-order chi connectivity index (χ0) is 10.7. The van der Waals surface area contributed by atoms with Crippen LogP contribution in [0, 0.1) is 11.8 Å². The monoisotopic (exact) mass is 202 g/mol. The normalized spacial score (nSPS) is 31.1. The van der Waals surface area contributed by atoms with Gasteiger partial charge < -0.3 is 0 Å². The molecule has 0 aliphatic heterocycles. The summed E-state index contributed by atoms with van der Waals surface area (Å²) in [6.07, 6.45) is 16.1. The van der Waals surface area contributed by atoms with E-state index >= 15 is 0 Å². The van der Waals surface area contributed by atoms with Gasteiger partial charge >= 0.3 is 0 Å². The van der Waals surface area contributed by atoms with Gasteiger partial charge in [0.2, 0.25) is 0 Å². The molecule has 0 amide bonds. The molecule has 0 aromatic rings. The van der Waals surface area contributed by atoms with E-state index in [-0.39, 0.29) is 0 Å². The highest BCUT2D eigenvalue weighted by Gasteiger charge is 2.14. The van der Waals surface area contributed by atoms with Crippen LogP contribution >= 0.6 is 0 Å². The van der Waals surface area contributed by atoms with E-state index in [1.165, 1.54) is 37.7 Å². The fraction of sp³-hybridized carbons (Fsp3) is 0.600. The van der Waals surface area contributed by atoms with E-state index in [1.807, 2.05) is 0 Å². The Morgan fingerprint density at radius 1 is 1.27 bits per heavy atom. The first-order chi connectivity index (χ1) is 7.24. The van der Waals surface area contributed by atoms with Crippen LogP contribution in [0.2, 0.25) is 0 Å². The molecule has 0 heteroatoms. The fourth-order valence-corrected chi connectivity index (χ4v) is 2.46. The van der Waals surface area contributed by atoms with Crippen LogP contribution in [0.25, 0.3) is 0 Å². The van der Waals surface area contributed by atoms with E-state index < -0.39 is 0 Å². The van der Waals surface area contributed by atoms with Gasteiger partial charge in [0, 0.05) is 0 Å². The molecular weight excluding hydrogens is 180 g/mol. The van der Waals surface area contributed by atoms with Gasteiger partial charge in [-0.15, -0.1) is 0 Å². The number of hydrogen-bond donors (Lipinski definition) is 0. The van der Waals surface area contributed by atoms with Gasteiger partial charge in [-0.25, -0.2) is 0 Å². The molecule has 0 heterocycles. The van der Waals surface area contributed by atoms with Crippen molar-refractivity contribution in [2.75, 3.05) is 0 Å². The van der Waals surface area contributed by atoms with Gasteiger partial charge in [0.15, 0.2) is 0 Å². The Balaban J connectivity index is 1.86. The second-order valence-corrected chi connectivity index (χ2v) is 5.25. The lowest BCUT2D eigenvalue weighted by atomic mass is 9.84. The largest absolute Gasteiger partial charge is 0.0850 e. The van der Waals surface area contributed by atoms with Crippen molar-refractivity contribution in [3.63, 3.8) is 0 Å². The molecule has 0 fully saturated rings.